The first-order valence-corrected chi connectivity index (χ1v) is 8.46. The quantitative estimate of drug-likeness (QED) is 0.753. The molecule has 0 aliphatic carbocycles. The molecule has 0 N–H and O–H groups in total. The van der Waals surface area contributed by atoms with Gasteiger partial charge in [-0.3, -0.25) is 9.59 Å². The second-order valence-corrected chi connectivity index (χ2v) is 6.61. The van der Waals surface area contributed by atoms with Crippen LogP contribution in [0.2, 0.25) is 0 Å². The van der Waals surface area contributed by atoms with Gasteiger partial charge in [0.15, 0.2) is 5.78 Å². The number of hydrogen-bond donors (Lipinski definition) is 0. The fraction of sp³-hybridized carbons (Fsp3) is 0.211. The van der Waals surface area contributed by atoms with Gasteiger partial charge in [-0.2, -0.15) is 0 Å². The van der Waals surface area contributed by atoms with Crippen LogP contribution in [-0.2, 0) is 9.59 Å². The topological polar surface area (TPSA) is 54.5 Å². The molecule has 1 aliphatic heterocycles. The van der Waals surface area contributed by atoms with E-state index in [0.29, 0.717) is 15.7 Å². The van der Waals surface area contributed by atoms with E-state index in [2.05, 4.69) is 15.9 Å². The van der Waals surface area contributed by atoms with E-state index < -0.39 is 6.04 Å². The lowest BCUT2D eigenvalue weighted by Crippen LogP contribution is -2.43. The molecule has 5 heteroatoms. The third-order valence-electron chi connectivity index (χ3n) is 4.34. The predicted molar refractivity (Wildman–Crippen MR) is 95.3 cm³/mol. The number of fused-ring (bicyclic) bond motifs is 1. The van der Waals surface area contributed by atoms with Gasteiger partial charge < -0.3 is 9.69 Å². The number of ketones is 1. The normalized spacial score (nSPS) is 17.5. The first kappa shape index (κ1) is 16.6. The zero-order chi connectivity index (χ0) is 17.3. The Balaban J connectivity index is 2.15. The summed E-state index contributed by atoms with van der Waals surface area (Å²) in [6.45, 7) is 1.44. The molecular weight excluding hydrogens is 370 g/mol. The Kier molecular flexibility index (Phi) is 4.62. The SMILES string of the molecule is CC(=O)N1c2cccc(Br)c2C(=O)[C@H]1[C@@H](CC=O)c1ccccc1. The Bertz CT molecular complexity index is 804. The van der Waals surface area contributed by atoms with E-state index in [1.807, 2.05) is 30.3 Å². The van der Waals surface area contributed by atoms with Crippen LogP contribution in [0.15, 0.2) is 53.0 Å². The van der Waals surface area contributed by atoms with E-state index in [4.69, 9.17) is 0 Å². The molecule has 1 amide bonds. The van der Waals surface area contributed by atoms with Crippen LogP contribution >= 0.6 is 15.9 Å². The van der Waals surface area contributed by atoms with E-state index >= 15 is 0 Å². The number of benzene rings is 2. The van der Waals surface area contributed by atoms with Crippen LogP contribution in [0.4, 0.5) is 5.69 Å². The fourth-order valence-corrected chi connectivity index (χ4v) is 3.90. The zero-order valence-corrected chi connectivity index (χ0v) is 14.7. The van der Waals surface area contributed by atoms with Crippen molar-refractivity contribution in [3.8, 4) is 0 Å². The monoisotopic (exact) mass is 385 g/mol. The second kappa shape index (κ2) is 6.69. The summed E-state index contributed by atoms with van der Waals surface area (Å²) in [7, 11) is 0. The van der Waals surface area contributed by atoms with Crippen molar-refractivity contribution in [2.75, 3.05) is 4.90 Å². The van der Waals surface area contributed by atoms with Crippen molar-refractivity contribution in [3.05, 3.63) is 64.1 Å². The van der Waals surface area contributed by atoms with Crippen LogP contribution in [-0.4, -0.2) is 24.0 Å². The number of aldehydes is 1. The van der Waals surface area contributed by atoms with Crippen LogP contribution in [0.5, 0.6) is 0 Å². The van der Waals surface area contributed by atoms with Crippen LogP contribution in [0, 0.1) is 0 Å². The summed E-state index contributed by atoms with van der Waals surface area (Å²) >= 11 is 3.41. The molecule has 24 heavy (non-hydrogen) atoms. The maximum absolute atomic E-state index is 13.1. The van der Waals surface area contributed by atoms with Crippen molar-refractivity contribution < 1.29 is 14.4 Å². The molecule has 1 aliphatic rings. The molecule has 4 nitrogen and oxygen atoms in total. The third kappa shape index (κ3) is 2.69. The lowest BCUT2D eigenvalue weighted by atomic mass is 9.86. The number of Topliss-reactive ketones (excluding diaryl/α,β-unsaturated/α-hetero) is 1. The molecule has 3 rings (SSSR count). The summed E-state index contributed by atoms with van der Waals surface area (Å²) in [6, 6.07) is 14.0. The molecule has 0 saturated heterocycles. The number of hydrogen-bond acceptors (Lipinski definition) is 3. The van der Waals surface area contributed by atoms with Gasteiger partial charge in [-0.15, -0.1) is 0 Å². The Morgan fingerprint density at radius 3 is 2.54 bits per heavy atom. The number of amides is 1. The summed E-state index contributed by atoms with van der Waals surface area (Å²) in [5.41, 5.74) is 1.97. The molecule has 0 radical (unpaired) electrons. The number of nitrogens with zero attached hydrogens (tertiary/aromatic N) is 1. The molecule has 0 aromatic heterocycles. The lowest BCUT2D eigenvalue weighted by molar-refractivity contribution is -0.117. The van der Waals surface area contributed by atoms with Gasteiger partial charge in [0, 0.05) is 23.7 Å². The maximum atomic E-state index is 13.1. The Labute approximate surface area is 148 Å². The van der Waals surface area contributed by atoms with E-state index in [9.17, 15) is 14.4 Å². The highest BCUT2D eigenvalue weighted by molar-refractivity contribution is 9.10. The summed E-state index contributed by atoms with van der Waals surface area (Å²) in [5.74, 6) is -0.722. The standard InChI is InChI=1S/C19H16BrNO3/c1-12(23)21-16-9-5-8-15(20)17(16)19(24)18(21)14(10-11-22)13-6-3-2-4-7-13/h2-9,11,14,18H,10H2,1H3/t14-,18+/m0/s1. The zero-order valence-electron chi connectivity index (χ0n) is 13.1. The highest BCUT2D eigenvalue weighted by Crippen LogP contribution is 2.42. The Morgan fingerprint density at radius 2 is 1.92 bits per heavy atom. The third-order valence-corrected chi connectivity index (χ3v) is 5.00. The van der Waals surface area contributed by atoms with Crippen LogP contribution in [0.3, 0.4) is 0 Å². The largest absolute Gasteiger partial charge is 0.303 e. The van der Waals surface area contributed by atoms with Crippen molar-refractivity contribution in [2.45, 2.75) is 25.3 Å². The van der Waals surface area contributed by atoms with Gasteiger partial charge >= 0.3 is 0 Å². The van der Waals surface area contributed by atoms with Crippen LogP contribution in [0.1, 0.15) is 35.2 Å². The van der Waals surface area contributed by atoms with E-state index in [1.54, 1.807) is 18.2 Å². The number of carbonyl (C=O) groups is 3. The Hall–Kier alpha value is -2.27. The van der Waals surface area contributed by atoms with Gasteiger partial charge in [-0.25, -0.2) is 0 Å². The molecule has 0 spiro atoms. The van der Waals surface area contributed by atoms with Gasteiger partial charge in [0.05, 0.1) is 11.3 Å². The maximum Gasteiger partial charge on any atom is 0.224 e. The van der Waals surface area contributed by atoms with Crippen molar-refractivity contribution in [1.29, 1.82) is 0 Å². The number of rotatable bonds is 4. The van der Waals surface area contributed by atoms with Crippen LogP contribution in [0.25, 0.3) is 0 Å². The summed E-state index contributed by atoms with van der Waals surface area (Å²) < 4.78 is 0.664. The molecule has 122 valence electrons. The van der Waals surface area contributed by atoms with Crippen LogP contribution < -0.4 is 4.90 Å². The molecular formula is C19H16BrNO3. The Morgan fingerprint density at radius 1 is 1.21 bits per heavy atom. The molecule has 0 fully saturated rings. The second-order valence-electron chi connectivity index (χ2n) is 5.75. The van der Waals surface area contributed by atoms with E-state index in [0.717, 1.165) is 11.8 Å². The average Bonchev–Trinajstić information content (AvgIpc) is 2.87. The molecule has 1 heterocycles. The molecule has 0 unspecified atom stereocenters. The fourth-order valence-electron chi connectivity index (χ4n) is 3.35. The molecule has 2 aromatic carbocycles. The highest BCUT2D eigenvalue weighted by Gasteiger charge is 2.45. The van der Waals surface area contributed by atoms with Gasteiger partial charge in [-0.1, -0.05) is 36.4 Å². The smallest absolute Gasteiger partial charge is 0.224 e. The molecule has 2 aromatic rings. The minimum atomic E-state index is -0.705. The summed E-state index contributed by atoms with van der Waals surface area (Å²) in [4.78, 5) is 38.1. The lowest BCUT2D eigenvalue weighted by Gasteiger charge is -2.29. The van der Waals surface area contributed by atoms with Crippen molar-refractivity contribution >= 4 is 39.6 Å². The minimum Gasteiger partial charge on any atom is -0.303 e. The van der Waals surface area contributed by atoms with Crippen molar-refractivity contribution in [2.24, 2.45) is 0 Å². The summed E-state index contributed by atoms with van der Waals surface area (Å²) in [5, 5.41) is 0. The summed E-state index contributed by atoms with van der Waals surface area (Å²) in [6.07, 6.45) is 0.983. The average molecular weight is 386 g/mol. The van der Waals surface area contributed by atoms with Crippen molar-refractivity contribution in [3.63, 3.8) is 0 Å². The first-order valence-electron chi connectivity index (χ1n) is 7.67. The molecule has 2 atom stereocenters. The van der Waals surface area contributed by atoms with Gasteiger partial charge in [0.2, 0.25) is 5.91 Å². The van der Waals surface area contributed by atoms with E-state index in [1.165, 1.54) is 11.8 Å². The van der Waals surface area contributed by atoms with Gasteiger partial charge in [-0.05, 0) is 33.6 Å². The molecule has 0 bridgehead atoms. The molecule has 0 saturated carbocycles. The first-order chi connectivity index (χ1) is 11.6. The van der Waals surface area contributed by atoms with Gasteiger partial charge in [0.1, 0.15) is 12.3 Å². The number of carbonyl (C=O) groups excluding carboxylic acids is 3. The highest BCUT2D eigenvalue weighted by atomic mass is 79.9. The van der Waals surface area contributed by atoms with Crippen molar-refractivity contribution in [1.82, 2.24) is 0 Å². The van der Waals surface area contributed by atoms with Gasteiger partial charge in [0.25, 0.3) is 0 Å². The predicted octanol–water partition coefficient (Wildman–Crippen LogP) is 3.74. The number of anilines is 1. The van der Waals surface area contributed by atoms with E-state index in [-0.39, 0.29) is 24.0 Å². The minimum absolute atomic E-state index is 0.136. The number of halogens is 1.